The van der Waals surface area contributed by atoms with Gasteiger partial charge in [0.2, 0.25) is 6.71 Å². The van der Waals surface area contributed by atoms with Gasteiger partial charge in [0.1, 0.15) is 0 Å². The molecular formula is C91H74BN3S. The van der Waals surface area contributed by atoms with Crippen LogP contribution >= 0.6 is 11.8 Å². The van der Waals surface area contributed by atoms with E-state index in [-0.39, 0.29) is 50.3 Å². The Morgan fingerprint density at radius 2 is 0.865 bits per heavy atom. The second kappa shape index (κ2) is 21.3. The van der Waals surface area contributed by atoms with Gasteiger partial charge >= 0.3 is 0 Å². The first kappa shape index (κ1) is 45.9. The Morgan fingerprint density at radius 3 is 1.43 bits per heavy atom. The zero-order chi connectivity index (χ0) is 76.5. The van der Waals surface area contributed by atoms with Crippen molar-refractivity contribution in [2.24, 2.45) is 0 Å². The summed E-state index contributed by atoms with van der Waals surface area (Å²) in [6, 6.07) is 66.6. The van der Waals surface area contributed by atoms with Crippen molar-refractivity contribution in [3.8, 4) is 44.8 Å². The number of nitrogens with zero attached hydrogens (tertiary/aromatic N) is 3. The Labute approximate surface area is 586 Å². The Hall–Kier alpha value is -10.3. The summed E-state index contributed by atoms with van der Waals surface area (Å²) < 4.78 is 128. The van der Waals surface area contributed by atoms with E-state index in [0.717, 1.165) is 115 Å². The molecule has 462 valence electrons. The van der Waals surface area contributed by atoms with Crippen LogP contribution < -0.4 is 21.3 Å². The fourth-order valence-corrected chi connectivity index (χ4v) is 17.0. The molecule has 0 atom stereocenters. The van der Waals surface area contributed by atoms with Crippen LogP contribution in [0.2, 0.25) is 0 Å². The maximum absolute atomic E-state index is 10.1. The van der Waals surface area contributed by atoms with Gasteiger partial charge < -0.3 is 14.0 Å². The van der Waals surface area contributed by atoms with Crippen molar-refractivity contribution in [2.45, 2.75) is 93.8 Å². The van der Waals surface area contributed by atoms with E-state index >= 15 is 0 Å². The SMILES string of the molecule is [2H]c1c([2H])c([2H])c(-c2ccc3c(c2)B2c4ccc(-n5c6ccc(C(C)(C)C)cc6c6cc(C(C)(C)C)ccc65)cc4N(c4c(-c5ccccc5)cc(C(C)(C)C)cc4-c4ccccc4)c4cc(-n5c6c([2H])c([2H])c([2H])c([2H])c6c6c([2H])c([2H])c([2H])c([2H])c65)cc(c42)C32c3ccccc3Sc3ccccc32)c([2H])c1[2H]. The number of aromatic nitrogens is 2. The highest BCUT2D eigenvalue weighted by molar-refractivity contribution is 7.99. The standard InChI is InChI=1S/C91H74BN3S/c1-88(2,3)61-42-47-80-70(50-61)71-51-62(89(4,5)6)43-48-81(71)93(80)64-44-46-76-82(55-64)95(87-68(58-29-15-11-16-30-58)52-63(90(7,8)9)53-69(87)59-31-17-12-18-32-59)83-56-65(94-78-37-23-19-33-66(78)67-34-20-24-38-79(67)94)54-75-86(83)92(76)77-49-60(57-27-13-10-14-28-57)41-45-72(77)91(75)73-35-21-25-39-84(73)96-85-40-26-22-36-74(85)91/h10-56H,1-9H3/i10D,13D,14D,19D,20D,23D,24D,27D,28D,33D,34D,37D,38D. The molecular weight excluding hydrogens is 1180 g/mol. The summed E-state index contributed by atoms with van der Waals surface area (Å²) >= 11 is 1.65. The minimum Gasteiger partial charge on any atom is -0.310 e. The highest BCUT2D eigenvalue weighted by Crippen LogP contribution is 2.59. The summed E-state index contributed by atoms with van der Waals surface area (Å²) in [6.45, 7) is 19.4. The summed E-state index contributed by atoms with van der Waals surface area (Å²) in [7, 11) is 0. The van der Waals surface area contributed by atoms with Gasteiger partial charge in [-0.2, -0.15) is 0 Å². The van der Waals surface area contributed by atoms with Crippen molar-refractivity contribution < 1.29 is 17.8 Å². The van der Waals surface area contributed by atoms with Crippen LogP contribution in [0.15, 0.2) is 295 Å². The molecule has 18 rings (SSSR count). The first-order chi connectivity index (χ1) is 51.9. The van der Waals surface area contributed by atoms with E-state index in [2.05, 4.69) is 230 Å². The van der Waals surface area contributed by atoms with Gasteiger partial charge in [-0.1, -0.05) is 279 Å². The third-order valence-electron chi connectivity index (χ3n) is 20.4. The largest absolute Gasteiger partial charge is 0.310 e. The molecule has 5 heteroatoms. The molecule has 5 heterocycles. The third-order valence-corrected chi connectivity index (χ3v) is 21.6. The second-order valence-corrected chi connectivity index (χ2v) is 30.2. The molecule has 0 saturated carbocycles. The zero-order valence-corrected chi connectivity index (χ0v) is 55.8. The van der Waals surface area contributed by atoms with Gasteiger partial charge in [-0.3, -0.25) is 0 Å². The number of hydrogen-bond donors (Lipinski definition) is 0. The maximum atomic E-state index is 10.1. The molecule has 15 aromatic rings. The maximum Gasteiger partial charge on any atom is 0.247 e. The van der Waals surface area contributed by atoms with Crippen LogP contribution in [0.25, 0.3) is 88.4 Å². The van der Waals surface area contributed by atoms with Gasteiger partial charge in [-0.05, 0) is 173 Å². The molecule has 0 aliphatic carbocycles. The minimum atomic E-state index is -1.33. The van der Waals surface area contributed by atoms with Crippen LogP contribution in [0.4, 0.5) is 17.1 Å². The van der Waals surface area contributed by atoms with Crippen LogP contribution in [-0.2, 0) is 21.7 Å². The average Bonchev–Trinajstić information content (AvgIpc) is 0.768. The zero-order valence-electron chi connectivity index (χ0n) is 68.0. The average molecular weight is 1270 g/mol. The first-order valence-electron chi connectivity index (χ1n) is 39.5. The third kappa shape index (κ3) is 8.75. The van der Waals surface area contributed by atoms with E-state index in [1.165, 1.54) is 11.1 Å². The molecule has 1 spiro atoms. The smallest absolute Gasteiger partial charge is 0.247 e. The molecule has 3 aliphatic rings. The summed E-state index contributed by atoms with van der Waals surface area (Å²) in [6.07, 6.45) is 0. The Balaban J connectivity index is 1.10. The quantitative estimate of drug-likeness (QED) is 0.154. The van der Waals surface area contributed by atoms with Crippen molar-refractivity contribution in [1.29, 1.82) is 0 Å². The molecule has 0 bridgehead atoms. The number of rotatable bonds is 6. The predicted molar refractivity (Wildman–Crippen MR) is 409 cm³/mol. The topological polar surface area (TPSA) is 13.1 Å². The van der Waals surface area contributed by atoms with Crippen molar-refractivity contribution >= 4 is 95.5 Å². The molecule has 0 saturated heterocycles. The van der Waals surface area contributed by atoms with Gasteiger partial charge in [0.15, 0.2) is 0 Å². The van der Waals surface area contributed by atoms with E-state index in [1.54, 1.807) is 16.3 Å². The normalized spacial score (nSPS) is 15.8. The molecule has 0 N–H and O–H groups in total. The van der Waals surface area contributed by atoms with E-state index in [0.29, 0.717) is 16.9 Å². The van der Waals surface area contributed by atoms with Crippen molar-refractivity contribution in [1.82, 2.24) is 9.13 Å². The number of benzene rings is 13. The fourth-order valence-electron chi connectivity index (χ4n) is 15.8. The molecule has 0 unspecified atom stereocenters. The molecule has 3 aliphatic heterocycles. The summed E-state index contributed by atoms with van der Waals surface area (Å²) in [5.41, 5.74) is 16.6. The Bertz CT molecular complexity index is 6240. The minimum absolute atomic E-state index is 0.0321. The van der Waals surface area contributed by atoms with E-state index in [4.69, 9.17) is 4.11 Å². The highest BCUT2D eigenvalue weighted by atomic mass is 32.2. The van der Waals surface area contributed by atoms with Gasteiger partial charge in [-0.25, -0.2) is 0 Å². The lowest BCUT2D eigenvalue weighted by Crippen LogP contribution is -2.65. The number of anilines is 3. The van der Waals surface area contributed by atoms with Gasteiger partial charge in [0.25, 0.3) is 0 Å². The molecule has 2 aromatic heterocycles. The Morgan fingerprint density at radius 1 is 0.354 bits per heavy atom. The monoisotopic (exact) mass is 1260 g/mol. The summed E-state index contributed by atoms with van der Waals surface area (Å²) in [4.78, 5) is 4.29. The first-order valence-corrected chi connectivity index (χ1v) is 33.8. The number of para-hydroxylation sites is 2. The number of hydrogen-bond acceptors (Lipinski definition) is 2. The van der Waals surface area contributed by atoms with Crippen LogP contribution in [0.3, 0.4) is 0 Å². The highest BCUT2D eigenvalue weighted by Gasteiger charge is 2.55. The van der Waals surface area contributed by atoms with E-state index < -0.39 is 84.0 Å². The second-order valence-electron chi connectivity index (χ2n) is 29.1. The summed E-state index contributed by atoms with van der Waals surface area (Å²) in [5.74, 6) is 0. The van der Waals surface area contributed by atoms with Crippen molar-refractivity contribution in [3.05, 3.63) is 324 Å². The van der Waals surface area contributed by atoms with Gasteiger partial charge in [-0.15, -0.1) is 0 Å². The van der Waals surface area contributed by atoms with Crippen LogP contribution in [0, 0.1) is 0 Å². The molecule has 13 aromatic carbocycles. The van der Waals surface area contributed by atoms with Crippen LogP contribution in [0.5, 0.6) is 0 Å². The molecule has 0 fully saturated rings. The number of fused-ring (bicyclic) bond motifs is 16. The van der Waals surface area contributed by atoms with Crippen LogP contribution in [-0.4, -0.2) is 15.8 Å². The van der Waals surface area contributed by atoms with Gasteiger partial charge in [0, 0.05) is 65.2 Å². The van der Waals surface area contributed by atoms with Crippen molar-refractivity contribution in [3.63, 3.8) is 0 Å². The molecule has 3 nitrogen and oxygen atoms in total. The molecule has 96 heavy (non-hydrogen) atoms. The van der Waals surface area contributed by atoms with E-state index in [1.807, 2.05) is 48.5 Å². The lowest BCUT2D eigenvalue weighted by Gasteiger charge is -2.51. The van der Waals surface area contributed by atoms with E-state index in [9.17, 15) is 13.7 Å². The molecule has 0 radical (unpaired) electrons. The summed E-state index contributed by atoms with van der Waals surface area (Å²) in [5, 5.41) is 2.08. The lowest BCUT2D eigenvalue weighted by molar-refractivity contribution is 0.590. The van der Waals surface area contributed by atoms with Crippen molar-refractivity contribution in [2.75, 3.05) is 4.90 Å². The fraction of sp³-hybridized carbons (Fsp3) is 0.143. The lowest BCUT2D eigenvalue weighted by atomic mass is 9.29. The Kier molecular flexibility index (Phi) is 10.2. The van der Waals surface area contributed by atoms with Gasteiger partial charge in [0.05, 0.1) is 51.0 Å². The van der Waals surface area contributed by atoms with Crippen LogP contribution in [0.1, 0.15) is 119 Å². The predicted octanol–water partition coefficient (Wildman–Crippen LogP) is 22.2. The molecule has 0 amide bonds.